The summed E-state index contributed by atoms with van der Waals surface area (Å²) in [5.41, 5.74) is 8.08. The standard InChI is InChI=1S/C37H36BO3/c1-7-25-32-18-12-17-26(35(32)40-34(25)21-23(2)38-41-37(5,6)36(3,4)39)24-19-20-31-29-15-9-8-13-27(29)28-14-10-11-16-30(28)33(31)22-24/h7-22,31,33,39H,2H2,1,3-6H3/b25-7-,34-21+. The van der Waals surface area contributed by atoms with E-state index in [1.54, 1.807) is 21.3 Å². The number of fused-ring (bicyclic) bond motifs is 7. The van der Waals surface area contributed by atoms with Crippen molar-refractivity contribution in [1.29, 1.82) is 0 Å². The molecule has 41 heavy (non-hydrogen) atoms. The van der Waals surface area contributed by atoms with Crippen molar-refractivity contribution >= 4 is 36.2 Å². The van der Waals surface area contributed by atoms with Crippen LogP contribution in [0.4, 0.5) is 0 Å². The molecule has 2 unspecified atom stereocenters. The summed E-state index contributed by atoms with van der Waals surface area (Å²) in [4.78, 5) is 0. The van der Waals surface area contributed by atoms with Gasteiger partial charge in [0.05, 0.1) is 11.2 Å². The summed E-state index contributed by atoms with van der Waals surface area (Å²) in [6.45, 7) is 13.4. The van der Waals surface area contributed by atoms with Gasteiger partial charge in [-0.15, -0.1) is 6.58 Å². The third-order valence-corrected chi connectivity index (χ3v) is 8.84. The summed E-state index contributed by atoms with van der Waals surface area (Å²) in [5.74, 6) is 0.552. The van der Waals surface area contributed by atoms with Crippen molar-refractivity contribution in [2.75, 3.05) is 0 Å². The third-order valence-electron chi connectivity index (χ3n) is 8.84. The second kappa shape index (κ2) is 10.2. The number of aliphatic hydroxyl groups is 1. The second-order valence-corrected chi connectivity index (χ2v) is 12.1. The molecule has 0 amide bonds. The van der Waals surface area contributed by atoms with E-state index in [4.69, 9.17) is 9.07 Å². The molecule has 1 aromatic heterocycles. The molecule has 0 saturated carbocycles. The van der Waals surface area contributed by atoms with E-state index in [1.165, 1.54) is 22.3 Å². The fraction of sp³-hybridized carbons (Fsp3) is 0.243. The van der Waals surface area contributed by atoms with Crippen molar-refractivity contribution in [2.45, 2.75) is 57.7 Å². The van der Waals surface area contributed by atoms with E-state index in [2.05, 4.69) is 97.6 Å². The van der Waals surface area contributed by atoms with Gasteiger partial charge in [-0.3, -0.25) is 0 Å². The van der Waals surface area contributed by atoms with Gasteiger partial charge in [-0.1, -0.05) is 96.5 Å². The van der Waals surface area contributed by atoms with Gasteiger partial charge in [0.1, 0.15) is 11.0 Å². The average Bonchev–Trinajstić information content (AvgIpc) is 3.32. The van der Waals surface area contributed by atoms with Gasteiger partial charge < -0.3 is 14.2 Å². The molecule has 0 aliphatic heterocycles. The number of para-hydroxylation sites is 1. The fourth-order valence-corrected chi connectivity index (χ4v) is 5.86. The zero-order valence-corrected chi connectivity index (χ0v) is 24.4. The molecular formula is C37H36BO3. The van der Waals surface area contributed by atoms with Crippen LogP contribution in [0.5, 0.6) is 0 Å². The Morgan fingerprint density at radius 2 is 1.54 bits per heavy atom. The molecule has 205 valence electrons. The normalized spacial score (nSPS) is 19.0. The molecule has 4 heteroatoms. The summed E-state index contributed by atoms with van der Waals surface area (Å²) >= 11 is 0. The molecule has 3 aromatic carbocycles. The Hall–Kier alpha value is -3.86. The number of hydrogen-bond acceptors (Lipinski definition) is 3. The number of benzene rings is 3. The summed E-state index contributed by atoms with van der Waals surface area (Å²) in [6, 6.07) is 23.9. The Balaban J connectivity index is 1.40. The van der Waals surface area contributed by atoms with Gasteiger partial charge in [-0.2, -0.15) is 0 Å². The smallest absolute Gasteiger partial charge is 0.330 e. The van der Waals surface area contributed by atoms with Crippen LogP contribution in [0, 0.1) is 0 Å². The van der Waals surface area contributed by atoms with Crippen LogP contribution in [0.3, 0.4) is 0 Å². The lowest BCUT2D eigenvalue weighted by atomic mass is 9.69. The van der Waals surface area contributed by atoms with E-state index >= 15 is 0 Å². The van der Waals surface area contributed by atoms with Crippen LogP contribution in [-0.2, 0) is 4.65 Å². The summed E-state index contributed by atoms with van der Waals surface area (Å²) in [5, 5.41) is 12.5. The Morgan fingerprint density at radius 3 is 2.20 bits per heavy atom. The van der Waals surface area contributed by atoms with Gasteiger partial charge in [-0.05, 0) is 68.5 Å². The third kappa shape index (κ3) is 4.75. The highest BCUT2D eigenvalue weighted by Crippen LogP contribution is 2.51. The van der Waals surface area contributed by atoms with E-state index in [0.717, 1.165) is 32.7 Å². The largest absolute Gasteiger partial charge is 0.455 e. The first kappa shape index (κ1) is 27.3. The van der Waals surface area contributed by atoms with Crippen LogP contribution in [0.2, 0.25) is 0 Å². The minimum Gasteiger partial charge on any atom is -0.455 e. The minimum absolute atomic E-state index is 0.250. The zero-order valence-electron chi connectivity index (χ0n) is 24.4. The maximum absolute atomic E-state index is 10.4. The van der Waals surface area contributed by atoms with E-state index in [1.807, 2.05) is 26.8 Å². The molecule has 0 bridgehead atoms. The van der Waals surface area contributed by atoms with Crippen molar-refractivity contribution in [3.63, 3.8) is 0 Å². The molecule has 3 nitrogen and oxygen atoms in total. The predicted octanol–water partition coefficient (Wildman–Crippen LogP) is 7.21. The zero-order chi connectivity index (χ0) is 28.9. The molecule has 1 radical (unpaired) electrons. The summed E-state index contributed by atoms with van der Waals surface area (Å²) in [6.07, 6.45) is 11.0. The van der Waals surface area contributed by atoms with Crippen LogP contribution >= 0.6 is 0 Å². The van der Waals surface area contributed by atoms with Crippen molar-refractivity contribution in [3.05, 3.63) is 124 Å². The SMILES string of the molecule is C=C([B]OC(C)(C)C(C)(C)O)/C=c1/oc2c(C3=CC4c5ccccc5-c5ccccc5C4C=C3)cccc2/c1=C/C. The molecule has 2 aliphatic carbocycles. The van der Waals surface area contributed by atoms with Crippen LogP contribution in [0.1, 0.15) is 63.1 Å². The van der Waals surface area contributed by atoms with Gasteiger partial charge >= 0.3 is 7.48 Å². The van der Waals surface area contributed by atoms with Crippen LogP contribution in [-0.4, -0.2) is 23.8 Å². The van der Waals surface area contributed by atoms with E-state index in [-0.39, 0.29) is 5.92 Å². The molecule has 6 rings (SSSR count). The Morgan fingerprint density at radius 1 is 0.902 bits per heavy atom. The highest BCUT2D eigenvalue weighted by molar-refractivity contribution is 6.41. The lowest BCUT2D eigenvalue weighted by Crippen LogP contribution is -2.48. The first-order valence-corrected chi connectivity index (χ1v) is 14.3. The van der Waals surface area contributed by atoms with Gasteiger partial charge in [0.25, 0.3) is 0 Å². The van der Waals surface area contributed by atoms with Gasteiger partial charge in [-0.25, -0.2) is 0 Å². The molecule has 4 aromatic rings. The molecule has 1 heterocycles. The van der Waals surface area contributed by atoms with Gasteiger partial charge in [0.2, 0.25) is 0 Å². The van der Waals surface area contributed by atoms with E-state index in [0.29, 0.717) is 11.4 Å². The first-order chi connectivity index (χ1) is 19.6. The molecular weight excluding hydrogens is 503 g/mol. The number of rotatable bonds is 6. The molecule has 0 spiro atoms. The number of hydrogen-bond donors (Lipinski definition) is 1. The molecule has 2 aliphatic rings. The highest BCUT2D eigenvalue weighted by atomic mass is 16.5. The summed E-state index contributed by atoms with van der Waals surface area (Å²) < 4.78 is 12.5. The highest BCUT2D eigenvalue weighted by Gasteiger charge is 2.36. The van der Waals surface area contributed by atoms with Crippen LogP contribution in [0.25, 0.3) is 39.8 Å². The average molecular weight is 540 g/mol. The minimum atomic E-state index is -1.01. The quantitative estimate of drug-likeness (QED) is 0.263. The van der Waals surface area contributed by atoms with E-state index < -0.39 is 11.2 Å². The maximum Gasteiger partial charge on any atom is 0.330 e. The number of allylic oxidation sites excluding steroid dienone is 5. The van der Waals surface area contributed by atoms with Crippen molar-refractivity contribution in [2.24, 2.45) is 0 Å². The monoisotopic (exact) mass is 539 g/mol. The molecule has 2 atom stereocenters. The van der Waals surface area contributed by atoms with Crippen molar-refractivity contribution in [3.8, 4) is 11.1 Å². The van der Waals surface area contributed by atoms with Crippen molar-refractivity contribution in [1.82, 2.24) is 0 Å². The number of furan rings is 1. The molecule has 0 fully saturated rings. The topological polar surface area (TPSA) is 42.6 Å². The van der Waals surface area contributed by atoms with Crippen LogP contribution in [0.15, 0.2) is 101 Å². The summed E-state index contributed by atoms with van der Waals surface area (Å²) in [7, 11) is 1.59. The Bertz CT molecular complexity index is 1850. The molecule has 1 N–H and O–H groups in total. The van der Waals surface area contributed by atoms with E-state index in [9.17, 15) is 5.11 Å². The lowest BCUT2D eigenvalue weighted by Gasteiger charge is -2.37. The van der Waals surface area contributed by atoms with Gasteiger partial charge in [0, 0.05) is 28.0 Å². The van der Waals surface area contributed by atoms with Crippen molar-refractivity contribution < 1.29 is 14.2 Å². The Kier molecular flexibility index (Phi) is 6.80. The second-order valence-electron chi connectivity index (χ2n) is 12.1. The van der Waals surface area contributed by atoms with Crippen LogP contribution < -0.4 is 10.6 Å². The molecule has 0 saturated heterocycles. The van der Waals surface area contributed by atoms with Gasteiger partial charge in [0.15, 0.2) is 0 Å². The predicted molar refractivity (Wildman–Crippen MR) is 171 cm³/mol. The first-order valence-electron chi connectivity index (χ1n) is 14.3. The fourth-order valence-electron chi connectivity index (χ4n) is 5.86. The lowest BCUT2D eigenvalue weighted by molar-refractivity contribution is -0.0895. The Labute approximate surface area is 243 Å². The maximum atomic E-state index is 10.4.